The number of amides is 1. The van der Waals surface area contributed by atoms with Crippen LogP contribution in [0.1, 0.15) is 30.9 Å². The molecule has 4 nitrogen and oxygen atoms in total. The van der Waals surface area contributed by atoms with E-state index in [0.29, 0.717) is 6.42 Å². The molecule has 1 fully saturated rings. The first-order valence-electron chi connectivity index (χ1n) is 9.52. The van der Waals surface area contributed by atoms with Crippen molar-refractivity contribution in [3.63, 3.8) is 0 Å². The van der Waals surface area contributed by atoms with E-state index in [4.69, 9.17) is 0 Å². The molecule has 2 atom stereocenters. The third kappa shape index (κ3) is 4.85. The van der Waals surface area contributed by atoms with Gasteiger partial charge in [-0.25, -0.2) is 0 Å². The van der Waals surface area contributed by atoms with Crippen LogP contribution in [0.3, 0.4) is 0 Å². The molecule has 138 valence electrons. The first-order valence-corrected chi connectivity index (χ1v) is 9.52. The second-order valence-corrected chi connectivity index (χ2v) is 7.13. The van der Waals surface area contributed by atoms with E-state index in [1.54, 1.807) is 12.1 Å². The highest BCUT2D eigenvalue weighted by molar-refractivity contribution is 5.83. The summed E-state index contributed by atoms with van der Waals surface area (Å²) >= 11 is 0. The van der Waals surface area contributed by atoms with E-state index < -0.39 is 0 Å². The lowest BCUT2D eigenvalue weighted by atomic mass is 9.97. The summed E-state index contributed by atoms with van der Waals surface area (Å²) in [5.74, 6) is 0.369. The number of hydrogen-bond donors (Lipinski definition) is 2. The molecule has 1 saturated heterocycles. The van der Waals surface area contributed by atoms with Crippen LogP contribution in [0.15, 0.2) is 54.6 Å². The number of nitrogens with zero attached hydrogens (tertiary/aromatic N) is 1. The van der Waals surface area contributed by atoms with E-state index in [0.717, 1.165) is 37.9 Å². The van der Waals surface area contributed by atoms with Gasteiger partial charge in [-0.05, 0) is 49.1 Å². The maximum atomic E-state index is 12.8. The fourth-order valence-corrected chi connectivity index (χ4v) is 3.62. The molecule has 1 amide bonds. The summed E-state index contributed by atoms with van der Waals surface area (Å²) in [6.07, 6.45) is 3.75. The average molecular weight is 352 g/mol. The van der Waals surface area contributed by atoms with Crippen LogP contribution in [-0.4, -0.2) is 41.1 Å². The van der Waals surface area contributed by atoms with E-state index in [9.17, 15) is 9.90 Å². The van der Waals surface area contributed by atoms with Crippen molar-refractivity contribution >= 4 is 5.91 Å². The molecule has 1 aliphatic rings. The molecule has 0 aliphatic carbocycles. The number of phenols is 1. The zero-order valence-corrected chi connectivity index (χ0v) is 15.4. The summed E-state index contributed by atoms with van der Waals surface area (Å²) in [6, 6.07) is 17.5. The lowest BCUT2D eigenvalue weighted by Crippen LogP contribution is -2.61. The van der Waals surface area contributed by atoms with Crippen molar-refractivity contribution in [2.75, 3.05) is 13.1 Å². The van der Waals surface area contributed by atoms with Crippen LogP contribution >= 0.6 is 0 Å². The van der Waals surface area contributed by atoms with Crippen molar-refractivity contribution < 1.29 is 9.90 Å². The number of phenolic OH excluding ortho intramolecular Hbond substituents is 1. The van der Waals surface area contributed by atoms with Crippen molar-refractivity contribution in [2.24, 2.45) is 0 Å². The Hall–Kier alpha value is -2.33. The number of hydrogen-bond acceptors (Lipinski definition) is 3. The molecule has 2 aromatic carbocycles. The predicted molar refractivity (Wildman–Crippen MR) is 104 cm³/mol. The van der Waals surface area contributed by atoms with Gasteiger partial charge in [0.05, 0.1) is 6.04 Å². The molecule has 2 aromatic rings. The molecule has 2 N–H and O–H groups in total. The highest BCUT2D eigenvalue weighted by Gasteiger charge is 2.34. The van der Waals surface area contributed by atoms with Crippen molar-refractivity contribution in [3.8, 4) is 5.75 Å². The third-order valence-electron chi connectivity index (χ3n) is 5.03. The molecule has 3 rings (SSSR count). The Balaban J connectivity index is 1.70. The van der Waals surface area contributed by atoms with E-state index in [2.05, 4.69) is 29.3 Å². The quantitative estimate of drug-likeness (QED) is 0.805. The topological polar surface area (TPSA) is 52.6 Å². The Kier molecular flexibility index (Phi) is 6.29. The van der Waals surface area contributed by atoms with Crippen LogP contribution in [0.25, 0.3) is 0 Å². The number of unbranched alkanes of at least 4 members (excludes halogenated alkanes) is 1. The van der Waals surface area contributed by atoms with Crippen LogP contribution in [-0.2, 0) is 17.6 Å². The van der Waals surface area contributed by atoms with E-state index in [1.807, 2.05) is 30.3 Å². The predicted octanol–water partition coefficient (Wildman–Crippen LogP) is 3.15. The Morgan fingerprint density at radius 3 is 2.42 bits per heavy atom. The lowest BCUT2D eigenvalue weighted by Gasteiger charge is -2.39. The number of benzene rings is 2. The van der Waals surface area contributed by atoms with Crippen LogP contribution in [0.5, 0.6) is 5.75 Å². The van der Waals surface area contributed by atoms with Gasteiger partial charge in [-0.2, -0.15) is 0 Å². The van der Waals surface area contributed by atoms with Crippen LogP contribution in [0.2, 0.25) is 0 Å². The van der Waals surface area contributed by atoms with Gasteiger partial charge >= 0.3 is 0 Å². The van der Waals surface area contributed by atoms with Gasteiger partial charge in [-0.3, -0.25) is 9.69 Å². The molecule has 1 aliphatic heterocycles. The van der Waals surface area contributed by atoms with Gasteiger partial charge in [0.1, 0.15) is 5.75 Å². The van der Waals surface area contributed by atoms with Crippen molar-refractivity contribution in [1.29, 1.82) is 0 Å². The number of nitrogens with one attached hydrogen (secondary N) is 1. The summed E-state index contributed by atoms with van der Waals surface area (Å²) in [6.45, 7) is 4.00. The largest absolute Gasteiger partial charge is 0.508 e. The summed E-state index contributed by atoms with van der Waals surface area (Å²) in [5, 5.41) is 12.7. The van der Waals surface area contributed by atoms with Crippen molar-refractivity contribution in [3.05, 3.63) is 65.7 Å². The SMILES string of the molecule is CCCCN1C[C@H](Cc2ccccc2)NC(=O)[C@@H]1Cc1ccc(O)cc1. The molecule has 0 radical (unpaired) electrons. The first kappa shape index (κ1) is 18.5. The molecule has 4 heteroatoms. The number of carbonyl (C=O) groups excluding carboxylic acids is 1. The summed E-state index contributed by atoms with van der Waals surface area (Å²) in [5.41, 5.74) is 2.33. The van der Waals surface area contributed by atoms with Gasteiger partial charge in [0.25, 0.3) is 0 Å². The van der Waals surface area contributed by atoms with Crippen molar-refractivity contribution in [1.82, 2.24) is 10.2 Å². The second-order valence-electron chi connectivity index (χ2n) is 7.13. The number of piperazine rings is 1. The van der Waals surface area contributed by atoms with Gasteiger partial charge in [0, 0.05) is 12.6 Å². The summed E-state index contributed by atoms with van der Waals surface area (Å²) < 4.78 is 0. The molecule has 0 spiro atoms. The fourth-order valence-electron chi connectivity index (χ4n) is 3.62. The monoisotopic (exact) mass is 352 g/mol. The Morgan fingerprint density at radius 2 is 1.73 bits per heavy atom. The number of aromatic hydroxyl groups is 1. The molecular weight excluding hydrogens is 324 g/mol. The molecule has 0 unspecified atom stereocenters. The minimum absolute atomic E-state index is 0.112. The normalized spacial score (nSPS) is 20.7. The smallest absolute Gasteiger partial charge is 0.237 e. The zero-order valence-electron chi connectivity index (χ0n) is 15.4. The third-order valence-corrected chi connectivity index (χ3v) is 5.03. The van der Waals surface area contributed by atoms with Crippen LogP contribution in [0.4, 0.5) is 0 Å². The standard InChI is InChI=1S/C22H28N2O2/c1-2-3-13-24-16-19(14-17-7-5-4-6-8-17)23-22(26)21(24)15-18-9-11-20(25)12-10-18/h4-12,19,21,25H,2-3,13-16H2,1H3,(H,23,26)/t19-,21-/m0/s1. The minimum Gasteiger partial charge on any atom is -0.508 e. The fraction of sp³-hybridized carbons (Fsp3) is 0.409. The molecule has 0 aromatic heterocycles. The Bertz CT molecular complexity index is 700. The van der Waals surface area contributed by atoms with Crippen molar-refractivity contribution in [2.45, 2.75) is 44.7 Å². The lowest BCUT2D eigenvalue weighted by molar-refractivity contribution is -0.130. The molecule has 0 bridgehead atoms. The minimum atomic E-state index is -0.141. The van der Waals surface area contributed by atoms with E-state index >= 15 is 0 Å². The zero-order chi connectivity index (χ0) is 18.4. The molecular formula is C22H28N2O2. The van der Waals surface area contributed by atoms with Gasteiger partial charge in [-0.1, -0.05) is 55.8 Å². The molecule has 26 heavy (non-hydrogen) atoms. The molecule has 1 heterocycles. The van der Waals surface area contributed by atoms with Gasteiger partial charge in [0.2, 0.25) is 5.91 Å². The van der Waals surface area contributed by atoms with Gasteiger partial charge in [0.15, 0.2) is 0 Å². The number of carbonyl (C=O) groups is 1. The summed E-state index contributed by atoms with van der Waals surface area (Å²) in [4.78, 5) is 15.2. The van der Waals surface area contributed by atoms with E-state index in [1.165, 1.54) is 5.56 Å². The van der Waals surface area contributed by atoms with Crippen LogP contribution in [0, 0.1) is 0 Å². The average Bonchev–Trinajstić information content (AvgIpc) is 2.65. The Morgan fingerprint density at radius 1 is 1.04 bits per heavy atom. The maximum absolute atomic E-state index is 12.8. The summed E-state index contributed by atoms with van der Waals surface area (Å²) in [7, 11) is 0. The number of rotatable bonds is 7. The highest BCUT2D eigenvalue weighted by atomic mass is 16.3. The van der Waals surface area contributed by atoms with Gasteiger partial charge in [-0.15, -0.1) is 0 Å². The second kappa shape index (κ2) is 8.86. The molecule has 0 saturated carbocycles. The van der Waals surface area contributed by atoms with Crippen LogP contribution < -0.4 is 5.32 Å². The van der Waals surface area contributed by atoms with Gasteiger partial charge < -0.3 is 10.4 Å². The first-order chi connectivity index (χ1) is 12.7. The highest BCUT2D eigenvalue weighted by Crippen LogP contribution is 2.19. The Labute approximate surface area is 155 Å². The maximum Gasteiger partial charge on any atom is 0.237 e. The van der Waals surface area contributed by atoms with E-state index in [-0.39, 0.29) is 23.7 Å².